The maximum atomic E-state index is 13.8. The molecule has 0 radical (unpaired) electrons. The quantitative estimate of drug-likeness (QED) is 0.0572. The Morgan fingerprint density at radius 2 is 0.883 bits per heavy atom. The van der Waals surface area contributed by atoms with Crippen molar-refractivity contribution in [3.63, 3.8) is 0 Å². The van der Waals surface area contributed by atoms with Crippen LogP contribution in [0.2, 0.25) is 0 Å². The van der Waals surface area contributed by atoms with Crippen LogP contribution in [0.4, 0.5) is 4.39 Å². The molecule has 6 aromatic carbocycles. The maximum absolute atomic E-state index is 13.8. The Kier molecular flexibility index (Phi) is 30.0. The topological polar surface area (TPSA) is 294 Å². The summed E-state index contributed by atoms with van der Waals surface area (Å²) in [5.41, 5.74) is 7.17. The zero-order valence-corrected chi connectivity index (χ0v) is 49.2. The first kappa shape index (κ1) is 68.6. The molecule has 3 aromatic heterocycles. The molecule has 0 aliphatic heterocycles. The Labute approximate surface area is 538 Å². The molecule has 0 aliphatic rings. The summed E-state index contributed by atoms with van der Waals surface area (Å²) in [6.07, 6.45) is 5.55. The molecule has 3 heterocycles. The number of aliphatic hydroxyl groups is 1. The number of aliphatic hydroxyl groups excluding tert-OH is 1. The summed E-state index contributed by atoms with van der Waals surface area (Å²) in [5, 5.41) is 54.0. The van der Waals surface area contributed by atoms with Crippen LogP contribution in [0.3, 0.4) is 0 Å². The van der Waals surface area contributed by atoms with Crippen molar-refractivity contribution >= 4 is 57.1 Å². The van der Waals surface area contributed by atoms with Gasteiger partial charge in [0.1, 0.15) is 35.5 Å². The first-order valence-corrected chi connectivity index (χ1v) is 21.1. The van der Waals surface area contributed by atoms with Gasteiger partial charge in [0.25, 0.3) is 6.47 Å². The number of ether oxygens (including phenoxy) is 4. The monoisotopic (exact) mass is 1090 g/mol. The predicted octanol–water partition coefficient (Wildman–Crippen LogP) is -1.07. The number of methoxy groups -OCH3 is 4. The van der Waals surface area contributed by atoms with Gasteiger partial charge in [0.15, 0.2) is 0 Å². The third-order valence-electron chi connectivity index (χ3n) is 10.7. The molecular weight excluding hydrogens is 1040 g/mol. The van der Waals surface area contributed by atoms with Crippen LogP contribution >= 0.6 is 0 Å². The Balaban J connectivity index is 0.00000105. The zero-order chi connectivity index (χ0) is 53.2. The average molecular weight is 1090 g/mol. The fraction of sp³-hybridized carbons (Fsp3) is 0.0926. The summed E-state index contributed by atoms with van der Waals surface area (Å²) in [6.45, 7) is -0.181. The van der Waals surface area contributed by atoms with Gasteiger partial charge >= 0.3 is 140 Å². The van der Waals surface area contributed by atoms with Crippen molar-refractivity contribution in [2.24, 2.45) is 0 Å². The van der Waals surface area contributed by atoms with E-state index in [4.69, 9.17) is 55.0 Å². The molecule has 0 spiro atoms. The third-order valence-corrected chi connectivity index (χ3v) is 10.7. The van der Waals surface area contributed by atoms with E-state index >= 15 is 0 Å². The van der Waals surface area contributed by atoms with E-state index in [2.05, 4.69) is 17.0 Å². The van der Waals surface area contributed by atoms with E-state index in [1.54, 1.807) is 89.6 Å². The van der Waals surface area contributed by atoms with Crippen molar-refractivity contribution in [2.45, 2.75) is 0 Å². The molecule has 0 saturated carbocycles. The van der Waals surface area contributed by atoms with Crippen molar-refractivity contribution in [1.82, 2.24) is 13.7 Å². The molecule has 0 amide bonds. The van der Waals surface area contributed by atoms with Crippen LogP contribution in [-0.2, 0) is 19.2 Å². The summed E-state index contributed by atoms with van der Waals surface area (Å²) in [5.74, 6) is -1.25. The third kappa shape index (κ3) is 16.8. The van der Waals surface area contributed by atoms with Gasteiger partial charge in [-0.05, 0) is 115 Å². The van der Waals surface area contributed by atoms with Crippen molar-refractivity contribution in [3.8, 4) is 46.8 Å². The molecule has 0 atom stereocenters. The molecule has 0 saturated heterocycles. The molecule has 9 aromatic rings. The normalized spacial score (nSPS) is 9.36. The molecule has 0 unspecified atom stereocenters. The number of nitrogens with zero attached hydrogens (tertiary/aromatic N) is 6. The second-order valence-corrected chi connectivity index (χ2v) is 14.6. The van der Waals surface area contributed by atoms with E-state index in [0.717, 1.165) is 51.2 Å². The van der Waals surface area contributed by atoms with Crippen LogP contribution in [0.5, 0.6) is 11.5 Å². The molecule has 19 nitrogen and oxygen atoms in total. The number of fused-ring (bicyclic) bond motifs is 3. The summed E-state index contributed by atoms with van der Waals surface area (Å²) in [6, 6.07) is 42.2. The molecule has 3 N–H and O–H groups in total. The first-order chi connectivity index (χ1) is 35.4. The van der Waals surface area contributed by atoms with Gasteiger partial charge in [-0.1, -0.05) is 0 Å². The molecule has 9 rings (SSSR count). The van der Waals surface area contributed by atoms with Crippen LogP contribution in [0.1, 0.15) is 49.2 Å². The average Bonchev–Trinajstić information content (AvgIpc) is 4.20. The summed E-state index contributed by atoms with van der Waals surface area (Å²) in [7, 11) is 6.75. The smallest absolute Gasteiger partial charge is 1.00 e. The number of rotatable bonds is 9. The number of hydrogen-bond donors (Lipinski definition) is 2. The van der Waals surface area contributed by atoms with Gasteiger partial charge in [-0.15, -0.1) is 0 Å². The number of halogens is 1. The van der Waals surface area contributed by atoms with Gasteiger partial charge in [0, 0.05) is 71.1 Å². The van der Waals surface area contributed by atoms with Gasteiger partial charge in [-0.3, -0.25) is 4.79 Å². The molecule has 0 bridgehead atoms. The fourth-order valence-electron chi connectivity index (χ4n) is 7.31. The summed E-state index contributed by atoms with van der Waals surface area (Å²) >= 11 is 0. The number of carboxylic acids is 1. The van der Waals surface area contributed by atoms with Crippen molar-refractivity contribution in [2.75, 3.05) is 35.5 Å². The number of carbonyl (C=O) groups excluding carboxylic acids is 3. The largest absolute Gasteiger partial charge is 1.00 e. The van der Waals surface area contributed by atoms with E-state index in [1.165, 1.54) is 40.6 Å². The Morgan fingerprint density at radius 3 is 1.18 bits per heavy atom. The van der Waals surface area contributed by atoms with Crippen LogP contribution in [0, 0.1) is 39.8 Å². The number of aromatic nitrogens is 3. The molecule has 378 valence electrons. The van der Waals surface area contributed by atoms with E-state index in [-0.39, 0.29) is 152 Å². The van der Waals surface area contributed by atoms with Crippen LogP contribution < -0.4 is 136 Å². The molecule has 0 fully saturated rings. The Bertz CT molecular complexity index is 3630. The second-order valence-electron chi connectivity index (χ2n) is 14.6. The van der Waals surface area contributed by atoms with Crippen LogP contribution in [0.15, 0.2) is 146 Å². The van der Waals surface area contributed by atoms with E-state index in [9.17, 15) is 18.8 Å². The Hall–Kier alpha value is -6.43. The Morgan fingerprint density at radius 1 is 0.558 bits per heavy atom. The molecule has 23 heteroatoms. The summed E-state index contributed by atoms with van der Waals surface area (Å²) in [4.78, 5) is 45.4. The molecular formula is C54H44FK2LiN6O13. The minimum Gasteiger partial charge on any atom is -1.00 e. The first-order valence-electron chi connectivity index (χ1n) is 21.1. The SMILES string of the molecule is CO.COC(=O)c1ccc2c(ccn2-c2ccc(C#N)c(F)c2)c1.COC(=O)c1ccc2c(ccn2-c2ccc(C#N)c(OC)c2)c1.COc1cc(-n2ccc3cc(C(=O)O)ccc32)ccc1C#N.O=CO[O-].[H-].[K+].[K+].[Li+].[OH-]. The number of benzene rings is 6. The van der Waals surface area contributed by atoms with Crippen LogP contribution in [-0.4, -0.2) is 89.3 Å². The van der Waals surface area contributed by atoms with Gasteiger partial charge in [-0.25, -0.2) is 18.8 Å². The van der Waals surface area contributed by atoms with Gasteiger partial charge in [0.2, 0.25) is 0 Å². The number of nitriles is 3. The minimum absolute atomic E-state index is 0. The number of aromatic carboxylic acids is 1. The minimum atomic E-state index is -0.949. The second kappa shape index (κ2) is 33.7. The molecule has 77 heavy (non-hydrogen) atoms. The summed E-state index contributed by atoms with van der Waals surface area (Å²) < 4.78 is 39.4. The standard InChI is InChI=1S/C18H14N2O3.C17H11FN2O2.C17H12N2O3.CH2O3.CH4O.2K.Li.H2O.H/c1-22-17-10-15(5-3-14(17)11-19)20-8-7-12-9-13(18(21)23-2)4-6-16(12)20;1-22-17(21)12-3-5-16-11(8-12)6-7-20(16)14-4-2-13(10-19)15(18)9-14;1-22-16-9-14(4-2-13(16)10-18)19-7-6-11-8-12(17(20)21)3-5-15(11)19;2-1-4-3;1-2;;;;;/h3-10H,1-2H3;2-9H,1H3;2-9H,1H3,(H,20,21);1,3H;2H,1H3;;;;1H2;/q;;;;;3*+1;;-1/p-2. The number of carbonyl (C=O) groups is 4. The van der Waals surface area contributed by atoms with Crippen LogP contribution in [0.25, 0.3) is 49.8 Å². The zero-order valence-electron chi connectivity index (χ0n) is 43.9. The van der Waals surface area contributed by atoms with Crippen molar-refractivity contribution in [1.29, 1.82) is 15.8 Å². The van der Waals surface area contributed by atoms with Gasteiger partial charge < -0.3 is 59.9 Å². The number of carboxylic acid groups (broad SMARTS) is 1. The van der Waals surface area contributed by atoms with E-state index in [1.807, 2.05) is 64.0 Å². The van der Waals surface area contributed by atoms with Crippen molar-refractivity contribution < 1.29 is 191 Å². The number of esters is 2. The van der Waals surface area contributed by atoms with Gasteiger partial charge in [-0.2, -0.15) is 15.8 Å². The molecule has 0 aliphatic carbocycles. The van der Waals surface area contributed by atoms with E-state index in [0.29, 0.717) is 39.4 Å². The van der Waals surface area contributed by atoms with E-state index < -0.39 is 17.8 Å². The maximum Gasteiger partial charge on any atom is 1.00 e. The van der Waals surface area contributed by atoms with Gasteiger partial charge in [0.05, 0.1) is 78.4 Å². The number of hydrogen-bond acceptors (Lipinski definition) is 15. The predicted molar refractivity (Wildman–Crippen MR) is 265 cm³/mol. The fourth-order valence-corrected chi connectivity index (χ4v) is 7.31. The van der Waals surface area contributed by atoms with Crippen molar-refractivity contribution in [3.05, 3.63) is 185 Å².